The maximum atomic E-state index is 6.37. The summed E-state index contributed by atoms with van der Waals surface area (Å²) in [5, 5.41) is 3.48. The Hall–Kier alpha value is -0.960. The Bertz CT molecular complexity index is 290. The Kier molecular flexibility index (Phi) is 7.00. The summed E-state index contributed by atoms with van der Waals surface area (Å²) < 4.78 is 0. The van der Waals surface area contributed by atoms with E-state index in [1.54, 1.807) is 0 Å². The lowest BCUT2D eigenvalue weighted by Gasteiger charge is -2.28. The smallest absolute Gasteiger partial charge is 0.102 e. The van der Waals surface area contributed by atoms with Crippen LogP contribution in [0.1, 0.15) is 46.0 Å². The molecule has 1 fully saturated rings. The molecule has 1 atom stereocenters. The summed E-state index contributed by atoms with van der Waals surface area (Å²) >= 11 is 0. The van der Waals surface area contributed by atoms with Gasteiger partial charge < -0.3 is 16.0 Å². The highest BCUT2D eigenvalue weighted by Gasteiger charge is 2.19. The molecule has 1 rings (SSSR count). The monoisotopic (exact) mass is 265 g/mol. The van der Waals surface area contributed by atoms with Crippen LogP contribution in [0.25, 0.3) is 0 Å². The highest BCUT2D eigenvalue weighted by Crippen LogP contribution is 2.26. The van der Waals surface area contributed by atoms with Crippen LogP contribution >= 0.6 is 0 Å². The van der Waals surface area contributed by atoms with Gasteiger partial charge in [-0.15, -0.1) is 0 Å². The van der Waals surface area contributed by atoms with Crippen LogP contribution < -0.4 is 11.1 Å². The lowest BCUT2D eigenvalue weighted by molar-refractivity contribution is 0.328. The molecule has 0 aromatic rings. The molecule has 0 bridgehead atoms. The fourth-order valence-electron chi connectivity index (χ4n) is 2.55. The van der Waals surface area contributed by atoms with E-state index in [9.17, 15) is 0 Å². The first-order valence-corrected chi connectivity index (χ1v) is 7.61. The Morgan fingerprint density at radius 2 is 2.00 bits per heavy atom. The van der Waals surface area contributed by atoms with Crippen LogP contribution in [0.4, 0.5) is 0 Å². The van der Waals surface area contributed by atoms with Crippen molar-refractivity contribution in [2.45, 2.75) is 52.0 Å². The fraction of sp³-hybridized carbons (Fsp3) is 0.750. The van der Waals surface area contributed by atoms with E-state index >= 15 is 0 Å². The Morgan fingerprint density at radius 3 is 2.53 bits per heavy atom. The Balaban J connectivity index is 2.65. The van der Waals surface area contributed by atoms with Crippen LogP contribution in [0.2, 0.25) is 0 Å². The van der Waals surface area contributed by atoms with E-state index in [1.807, 2.05) is 18.1 Å². The first-order chi connectivity index (χ1) is 9.04. The van der Waals surface area contributed by atoms with Crippen LogP contribution in [0.3, 0.4) is 0 Å². The van der Waals surface area contributed by atoms with Gasteiger partial charge in [-0.05, 0) is 37.0 Å². The predicted molar refractivity (Wildman–Crippen MR) is 83.4 cm³/mol. The van der Waals surface area contributed by atoms with Crippen molar-refractivity contribution in [1.82, 2.24) is 10.2 Å². The van der Waals surface area contributed by atoms with Gasteiger partial charge >= 0.3 is 0 Å². The van der Waals surface area contributed by atoms with E-state index in [2.05, 4.69) is 31.8 Å². The fourth-order valence-corrected chi connectivity index (χ4v) is 2.55. The van der Waals surface area contributed by atoms with E-state index < -0.39 is 0 Å². The molecule has 0 amide bonds. The SMILES string of the molecule is C=CN(C)/C(=C/C(N)C1CCCCC1)NCC(C)C. The molecule has 0 spiro atoms. The molecule has 0 aromatic carbocycles. The van der Waals surface area contributed by atoms with E-state index in [4.69, 9.17) is 5.73 Å². The Labute approximate surface area is 118 Å². The van der Waals surface area contributed by atoms with Crippen molar-refractivity contribution in [3.63, 3.8) is 0 Å². The van der Waals surface area contributed by atoms with Gasteiger partial charge in [0.2, 0.25) is 0 Å². The molecule has 1 saturated carbocycles. The minimum Gasteiger partial charge on any atom is -0.371 e. The number of rotatable bonds is 7. The number of nitrogens with one attached hydrogen (secondary N) is 1. The maximum Gasteiger partial charge on any atom is 0.102 e. The normalized spacial score (nSPS) is 19.3. The van der Waals surface area contributed by atoms with Crippen LogP contribution in [-0.4, -0.2) is 24.5 Å². The van der Waals surface area contributed by atoms with Crippen LogP contribution in [0.15, 0.2) is 24.7 Å². The lowest BCUT2D eigenvalue weighted by atomic mass is 9.84. The summed E-state index contributed by atoms with van der Waals surface area (Å²) in [5.41, 5.74) is 6.37. The highest BCUT2D eigenvalue weighted by molar-refractivity contribution is 5.07. The van der Waals surface area contributed by atoms with Crippen molar-refractivity contribution in [3.8, 4) is 0 Å². The second-order valence-corrected chi connectivity index (χ2v) is 6.10. The molecule has 0 radical (unpaired) electrons. The van der Waals surface area contributed by atoms with E-state index in [0.717, 1.165) is 12.4 Å². The van der Waals surface area contributed by atoms with Crippen molar-refractivity contribution in [2.24, 2.45) is 17.6 Å². The van der Waals surface area contributed by atoms with Crippen LogP contribution in [-0.2, 0) is 0 Å². The summed E-state index contributed by atoms with van der Waals surface area (Å²) in [6.45, 7) is 9.21. The lowest BCUT2D eigenvalue weighted by Crippen LogP contribution is -2.34. The van der Waals surface area contributed by atoms with E-state index in [-0.39, 0.29) is 6.04 Å². The third-order valence-corrected chi connectivity index (χ3v) is 3.89. The van der Waals surface area contributed by atoms with Gasteiger partial charge in [-0.3, -0.25) is 0 Å². The molecule has 0 saturated heterocycles. The van der Waals surface area contributed by atoms with Gasteiger partial charge in [0.15, 0.2) is 0 Å². The van der Waals surface area contributed by atoms with Crippen LogP contribution in [0, 0.1) is 11.8 Å². The molecule has 110 valence electrons. The molecule has 1 aliphatic carbocycles. The van der Waals surface area contributed by atoms with Gasteiger partial charge in [0.1, 0.15) is 5.82 Å². The predicted octanol–water partition coefficient (Wildman–Crippen LogP) is 3.06. The van der Waals surface area contributed by atoms with Crippen LogP contribution in [0.5, 0.6) is 0 Å². The molecular formula is C16H31N3. The zero-order valence-electron chi connectivity index (χ0n) is 12.9. The molecule has 0 aliphatic heterocycles. The van der Waals surface area contributed by atoms with Crippen molar-refractivity contribution in [2.75, 3.05) is 13.6 Å². The summed E-state index contributed by atoms with van der Waals surface area (Å²) in [7, 11) is 2.01. The largest absolute Gasteiger partial charge is 0.371 e. The van der Waals surface area contributed by atoms with E-state index in [1.165, 1.54) is 32.1 Å². The van der Waals surface area contributed by atoms with Gasteiger partial charge in [0.25, 0.3) is 0 Å². The molecule has 3 nitrogen and oxygen atoms in total. The zero-order chi connectivity index (χ0) is 14.3. The highest BCUT2D eigenvalue weighted by atomic mass is 15.2. The molecule has 1 aliphatic rings. The molecular weight excluding hydrogens is 234 g/mol. The summed E-state index contributed by atoms with van der Waals surface area (Å²) in [4.78, 5) is 2.02. The van der Waals surface area contributed by atoms with E-state index in [0.29, 0.717) is 11.8 Å². The zero-order valence-corrected chi connectivity index (χ0v) is 12.9. The third-order valence-electron chi connectivity index (χ3n) is 3.89. The number of nitrogens with zero attached hydrogens (tertiary/aromatic N) is 1. The standard InChI is InChI=1S/C16H31N3/c1-5-19(4)16(18-12-13(2)3)11-15(17)14-9-7-6-8-10-14/h5,11,13-15,18H,1,6-10,12,17H2,2-4H3/b16-11+. The van der Waals surface area contributed by atoms with Gasteiger partial charge in [-0.2, -0.15) is 0 Å². The minimum atomic E-state index is 0.150. The quantitative estimate of drug-likeness (QED) is 0.743. The van der Waals surface area contributed by atoms with Gasteiger partial charge in [-0.1, -0.05) is 39.7 Å². The number of hydrogen-bond donors (Lipinski definition) is 2. The second kappa shape index (κ2) is 8.26. The maximum absolute atomic E-state index is 6.37. The topological polar surface area (TPSA) is 41.3 Å². The molecule has 0 heterocycles. The summed E-state index contributed by atoms with van der Waals surface area (Å²) in [6.07, 6.45) is 10.6. The molecule has 0 aromatic heterocycles. The first-order valence-electron chi connectivity index (χ1n) is 7.61. The summed E-state index contributed by atoms with van der Waals surface area (Å²) in [6, 6.07) is 0.150. The van der Waals surface area contributed by atoms with Crippen molar-refractivity contribution < 1.29 is 0 Å². The molecule has 3 N–H and O–H groups in total. The van der Waals surface area contributed by atoms with Crippen molar-refractivity contribution in [3.05, 3.63) is 24.7 Å². The van der Waals surface area contributed by atoms with Crippen molar-refractivity contribution in [1.29, 1.82) is 0 Å². The number of hydrogen-bond acceptors (Lipinski definition) is 3. The summed E-state index contributed by atoms with van der Waals surface area (Å²) in [5.74, 6) is 2.34. The second-order valence-electron chi connectivity index (χ2n) is 6.10. The molecule has 19 heavy (non-hydrogen) atoms. The van der Waals surface area contributed by atoms with Crippen molar-refractivity contribution >= 4 is 0 Å². The third kappa shape index (κ3) is 5.68. The van der Waals surface area contributed by atoms with Gasteiger partial charge in [0.05, 0.1) is 0 Å². The Morgan fingerprint density at radius 1 is 1.37 bits per heavy atom. The molecule has 3 heteroatoms. The van der Waals surface area contributed by atoms with Gasteiger partial charge in [0, 0.05) is 19.6 Å². The minimum absolute atomic E-state index is 0.150. The number of nitrogens with two attached hydrogens (primary N) is 1. The average molecular weight is 265 g/mol. The average Bonchev–Trinajstić information content (AvgIpc) is 2.43. The molecule has 1 unspecified atom stereocenters. The first kappa shape index (κ1) is 16.1. The van der Waals surface area contributed by atoms with Gasteiger partial charge in [-0.25, -0.2) is 0 Å².